The van der Waals surface area contributed by atoms with E-state index in [0.29, 0.717) is 0 Å². The summed E-state index contributed by atoms with van der Waals surface area (Å²) < 4.78 is 3.85. The van der Waals surface area contributed by atoms with Crippen molar-refractivity contribution in [1.82, 2.24) is 29.5 Å². The summed E-state index contributed by atoms with van der Waals surface area (Å²) in [4.78, 5) is 13.3. The largest absolute Gasteiger partial charge is 0.279 e. The highest BCUT2D eigenvalue weighted by molar-refractivity contribution is 5.80. The number of aromatic nitrogens is 6. The molecular formula is C50H57N7. The number of anilines is 3. The Kier molecular flexibility index (Phi) is 10.1. The van der Waals surface area contributed by atoms with Gasteiger partial charge in [-0.1, -0.05) is 150 Å². The standard InChI is InChI=1S/C50H57N7/c1-47(2,3)36-31-37(48(4,5)6)33-38(32-36)57(43-25-23-39(34-19-15-13-16-20-34)45(51-43)55-29-27-41(53-55)49(7,8)9)44-26-24-40(35-21-17-14-18-22-35)46(52-44)56-30-28-42(54-56)50(10,11)12/h13-33H,1-12H3. The lowest BCUT2D eigenvalue weighted by atomic mass is 9.80. The van der Waals surface area contributed by atoms with E-state index in [1.807, 2.05) is 33.9 Å². The predicted molar refractivity (Wildman–Crippen MR) is 237 cm³/mol. The van der Waals surface area contributed by atoms with E-state index in [-0.39, 0.29) is 21.7 Å². The van der Waals surface area contributed by atoms with Gasteiger partial charge in [0.15, 0.2) is 11.6 Å². The summed E-state index contributed by atoms with van der Waals surface area (Å²) in [7, 11) is 0. The van der Waals surface area contributed by atoms with Crippen LogP contribution in [0.1, 0.15) is 106 Å². The second-order valence-corrected chi connectivity index (χ2v) is 19.2. The fraction of sp³-hybridized carbons (Fsp3) is 0.320. The molecule has 7 nitrogen and oxygen atoms in total. The molecule has 4 aromatic heterocycles. The van der Waals surface area contributed by atoms with Crippen LogP contribution in [0.4, 0.5) is 17.3 Å². The van der Waals surface area contributed by atoms with Crippen molar-refractivity contribution in [3.63, 3.8) is 0 Å². The Morgan fingerprint density at radius 2 is 0.807 bits per heavy atom. The molecule has 0 fully saturated rings. The Hall–Kier alpha value is -5.82. The first-order chi connectivity index (χ1) is 26.8. The first-order valence-corrected chi connectivity index (χ1v) is 20.0. The minimum atomic E-state index is -0.126. The zero-order valence-electron chi connectivity index (χ0n) is 35.8. The molecular weight excluding hydrogens is 699 g/mol. The van der Waals surface area contributed by atoms with Gasteiger partial charge in [-0.2, -0.15) is 10.2 Å². The molecule has 4 heterocycles. The molecule has 7 rings (SSSR count). The van der Waals surface area contributed by atoms with Gasteiger partial charge < -0.3 is 0 Å². The van der Waals surface area contributed by atoms with E-state index in [0.717, 1.165) is 62.6 Å². The molecule has 57 heavy (non-hydrogen) atoms. The lowest BCUT2D eigenvalue weighted by molar-refractivity contribution is 0.559. The van der Waals surface area contributed by atoms with Crippen molar-refractivity contribution in [3.05, 3.63) is 150 Å². The van der Waals surface area contributed by atoms with Crippen molar-refractivity contribution in [3.8, 4) is 33.9 Å². The summed E-state index contributed by atoms with van der Waals surface area (Å²) in [6.45, 7) is 26.7. The quantitative estimate of drug-likeness (QED) is 0.162. The maximum absolute atomic E-state index is 5.53. The molecule has 7 heteroatoms. The summed E-state index contributed by atoms with van der Waals surface area (Å²) in [5.74, 6) is 2.94. The molecule has 0 saturated carbocycles. The van der Waals surface area contributed by atoms with Gasteiger partial charge in [0, 0.05) is 40.0 Å². The monoisotopic (exact) mass is 755 g/mol. The van der Waals surface area contributed by atoms with Gasteiger partial charge in [0.2, 0.25) is 0 Å². The number of hydrogen-bond acceptors (Lipinski definition) is 5. The average Bonchev–Trinajstić information content (AvgIpc) is 3.87. The lowest BCUT2D eigenvalue weighted by Gasteiger charge is -2.30. The van der Waals surface area contributed by atoms with E-state index < -0.39 is 0 Å². The molecule has 292 valence electrons. The van der Waals surface area contributed by atoms with Crippen LogP contribution in [0.5, 0.6) is 0 Å². The average molecular weight is 756 g/mol. The van der Waals surface area contributed by atoms with Crippen LogP contribution in [0.15, 0.2) is 128 Å². The van der Waals surface area contributed by atoms with Crippen LogP contribution >= 0.6 is 0 Å². The van der Waals surface area contributed by atoms with Crippen LogP contribution in [-0.2, 0) is 21.7 Å². The van der Waals surface area contributed by atoms with E-state index in [4.69, 9.17) is 20.2 Å². The smallest absolute Gasteiger partial charge is 0.163 e. The Balaban J connectivity index is 1.53. The minimum Gasteiger partial charge on any atom is -0.279 e. The predicted octanol–water partition coefficient (Wildman–Crippen LogP) is 12.8. The zero-order chi connectivity index (χ0) is 40.9. The van der Waals surface area contributed by atoms with E-state index >= 15 is 0 Å². The van der Waals surface area contributed by atoms with E-state index in [1.165, 1.54) is 11.1 Å². The second kappa shape index (κ2) is 14.6. The number of pyridine rings is 2. The molecule has 0 radical (unpaired) electrons. The van der Waals surface area contributed by atoms with Crippen LogP contribution in [-0.4, -0.2) is 29.5 Å². The Morgan fingerprint density at radius 1 is 0.421 bits per heavy atom. The summed E-state index contributed by atoms with van der Waals surface area (Å²) in [6.07, 6.45) is 4.05. The minimum absolute atomic E-state index is 0.107. The van der Waals surface area contributed by atoms with Gasteiger partial charge in [-0.3, -0.25) is 4.90 Å². The summed E-state index contributed by atoms with van der Waals surface area (Å²) in [6, 6.07) is 40.5. The molecule has 3 aromatic carbocycles. The normalized spacial score (nSPS) is 12.6. The van der Waals surface area contributed by atoms with Gasteiger partial charge in [0.25, 0.3) is 0 Å². The number of benzene rings is 3. The maximum Gasteiger partial charge on any atom is 0.163 e. The van der Waals surface area contributed by atoms with Crippen LogP contribution in [0.25, 0.3) is 33.9 Å². The third-order valence-corrected chi connectivity index (χ3v) is 10.4. The van der Waals surface area contributed by atoms with Crippen LogP contribution in [0.3, 0.4) is 0 Å². The molecule has 0 saturated heterocycles. The van der Waals surface area contributed by atoms with Crippen molar-refractivity contribution < 1.29 is 0 Å². The van der Waals surface area contributed by atoms with Crippen LogP contribution in [0, 0.1) is 0 Å². The molecule has 0 aliphatic heterocycles. The number of rotatable bonds is 7. The highest BCUT2D eigenvalue weighted by Gasteiger charge is 2.27. The van der Waals surface area contributed by atoms with E-state index in [1.54, 1.807) is 0 Å². The molecule has 0 N–H and O–H groups in total. The molecule has 0 atom stereocenters. The molecule has 0 aliphatic carbocycles. The Labute approximate surface area is 339 Å². The van der Waals surface area contributed by atoms with E-state index in [2.05, 4.69) is 191 Å². The first kappa shape index (κ1) is 39.4. The topological polar surface area (TPSA) is 64.7 Å². The van der Waals surface area contributed by atoms with Crippen molar-refractivity contribution in [2.24, 2.45) is 0 Å². The second-order valence-electron chi connectivity index (χ2n) is 19.2. The van der Waals surface area contributed by atoms with Crippen molar-refractivity contribution in [1.29, 1.82) is 0 Å². The highest BCUT2D eigenvalue weighted by atomic mass is 15.4. The van der Waals surface area contributed by atoms with Gasteiger partial charge in [-0.15, -0.1) is 0 Å². The Morgan fingerprint density at radius 3 is 1.14 bits per heavy atom. The molecule has 0 aliphatic rings. The summed E-state index contributed by atoms with van der Waals surface area (Å²) in [5.41, 5.74) is 9.09. The highest BCUT2D eigenvalue weighted by Crippen LogP contribution is 2.41. The van der Waals surface area contributed by atoms with Crippen molar-refractivity contribution in [2.45, 2.75) is 105 Å². The molecule has 0 bridgehead atoms. The molecule has 0 spiro atoms. The first-order valence-electron chi connectivity index (χ1n) is 20.0. The SMILES string of the molecule is CC(C)(C)c1cc(N(c2ccc(-c3ccccc3)c(-n3ccc(C(C)(C)C)n3)n2)c2ccc(-c3ccccc3)c(-n3ccc(C(C)(C)C)n3)n2)cc(C(C)(C)C)c1. The Bertz CT molecular complexity index is 2330. The molecule has 0 amide bonds. The van der Waals surface area contributed by atoms with Gasteiger partial charge in [0.05, 0.1) is 11.4 Å². The lowest BCUT2D eigenvalue weighted by Crippen LogP contribution is -2.21. The van der Waals surface area contributed by atoms with Crippen molar-refractivity contribution >= 4 is 17.3 Å². The van der Waals surface area contributed by atoms with Crippen LogP contribution in [0.2, 0.25) is 0 Å². The number of nitrogens with zero attached hydrogens (tertiary/aromatic N) is 7. The van der Waals surface area contributed by atoms with Gasteiger partial charge in [-0.25, -0.2) is 19.3 Å². The third kappa shape index (κ3) is 8.34. The summed E-state index contributed by atoms with van der Waals surface area (Å²) >= 11 is 0. The fourth-order valence-electron chi connectivity index (χ4n) is 6.83. The van der Waals surface area contributed by atoms with Gasteiger partial charge in [0.1, 0.15) is 11.6 Å². The summed E-state index contributed by atoms with van der Waals surface area (Å²) in [5, 5.41) is 10.2. The van der Waals surface area contributed by atoms with E-state index in [9.17, 15) is 0 Å². The number of hydrogen-bond donors (Lipinski definition) is 0. The van der Waals surface area contributed by atoms with Gasteiger partial charge >= 0.3 is 0 Å². The fourth-order valence-corrected chi connectivity index (χ4v) is 6.83. The molecule has 7 aromatic rings. The van der Waals surface area contributed by atoms with Gasteiger partial charge in [-0.05, 0) is 81.6 Å². The van der Waals surface area contributed by atoms with Crippen LogP contribution < -0.4 is 4.90 Å². The zero-order valence-corrected chi connectivity index (χ0v) is 35.8. The maximum atomic E-state index is 5.53. The third-order valence-electron chi connectivity index (χ3n) is 10.4. The molecule has 0 unspecified atom stereocenters. The van der Waals surface area contributed by atoms with Crippen molar-refractivity contribution in [2.75, 3.05) is 4.90 Å².